The number of nitrogens with one attached hydrogen (secondary N) is 1. The van der Waals surface area contributed by atoms with Crippen molar-refractivity contribution in [2.45, 2.75) is 12.6 Å². The van der Waals surface area contributed by atoms with Crippen molar-refractivity contribution < 1.29 is 13.2 Å². The fourth-order valence-electron chi connectivity index (χ4n) is 1.84. The van der Waals surface area contributed by atoms with E-state index in [-0.39, 0.29) is 5.56 Å². The molecule has 0 saturated carbocycles. The molecule has 0 bridgehead atoms. The van der Waals surface area contributed by atoms with Crippen LogP contribution < -0.4 is 5.32 Å². The van der Waals surface area contributed by atoms with Gasteiger partial charge in [0.1, 0.15) is 6.07 Å². The summed E-state index contributed by atoms with van der Waals surface area (Å²) in [6.45, 7) is 0.483. The monoisotopic (exact) mass is 291 g/mol. The van der Waals surface area contributed by atoms with Gasteiger partial charge in [-0.15, -0.1) is 0 Å². The number of pyridine rings is 1. The fraction of sp³-hybridized carbons (Fsp3) is 0.200. The number of anilines is 1. The second-order valence-corrected chi connectivity index (χ2v) is 4.37. The summed E-state index contributed by atoms with van der Waals surface area (Å²) in [5.41, 5.74) is 0.414. The smallest absolute Gasteiger partial charge is 0.384 e. The minimum Gasteiger partial charge on any atom is -0.384 e. The molecule has 2 aromatic rings. The van der Waals surface area contributed by atoms with Gasteiger partial charge in [0.2, 0.25) is 0 Å². The molecule has 1 N–H and O–H groups in total. The molecule has 0 aliphatic rings. The molecule has 1 aromatic heterocycles. The quantitative estimate of drug-likeness (QED) is 0.935. The summed E-state index contributed by atoms with van der Waals surface area (Å²) < 4.78 is 37.7. The van der Waals surface area contributed by atoms with Crippen LogP contribution in [-0.4, -0.2) is 11.5 Å². The van der Waals surface area contributed by atoms with Crippen LogP contribution >= 0.6 is 0 Å². The Labute approximate surface area is 120 Å². The summed E-state index contributed by atoms with van der Waals surface area (Å²) in [7, 11) is 0. The van der Waals surface area contributed by atoms with E-state index in [9.17, 15) is 13.2 Å². The predicted molar refractivity (Wildman–Crippen MR) is 72.6 cm³/mol. The van der Waals surface area contributed by atoms with Gasteiger partial charge < -0.3 is 5.32 Å². The normalized spacial score (nSPS) is 11.0. The molecule has 1 heterocycles. The summed E-state index contributed by atoms with van der Waals surface area (Å²) in [5.74, 6) is 0. The second-order valence-electron chi connectivity index (χ2n) is 4.37. The summed E-state index contributed by atoms with van der Waals surface area (Å²) in [6, 6.07) is 10.4. The minimum atomic E-state index is -4.45. The lowest BCUT2D eigenvalue weighted by atomic mass is 10.1. The molecule has 0 fully saturated rings. The van der Waals surface area contributed by atoms with Crippen LogP contribution in [0.3, 0.4) is 0 Å². The van der Waals surface area contributed by atoms with Gasteiger partial charge in [-0.3, -0.25) is 4.98 Å². The molecule has 0 aliphatic heterocycles. The topological polar surface area (TPSA) is 48.7 Å². The lowest BCUT2D eigenvalue weighted by molar-refractivity contribution is -0.137. The number of hydrogen-bond donors (Lipinski definition) is 1. The molecule has 0 saturated heterocycles. The molecule has 0 radical (unpaired) electrons. The van der Waals surface area contributed by atoms with Crippen LogP contribution in [0, 0.1) is 11.3 Å². The first kappa shape index (κ1) is 14.9. The van der Waals surface area contributed by atoms with Gasteiger partial charge in [0.15, 0.2) is 0 Å². The summed E-state index contributed by atoms with van der Waals surface area (Å²) in [5, 5.41) is 11.9. The average molecular weight is 291 g/mol. The zero-order chi connectivity index (χ0) is 15.3. The molecule has 0 unspecified atom stereocenters. The molecule has 6 heteroatoms. The Balaban J connectivity index is 2.05. The van der Waals surface area contributed by atoms with Gasteiger partial charge >= 0.3 is 6.18 Å². The molecule has 21 heavy (non-hydrogen) atoms. The minimum absolute atomic E-state index is 0.0224. The van der Waals surface area contributed by atoms with Crippen LogP contribution in [0.4, 0.5) is 18.9 Å². The maximum atomic E-state index is 12.6. The largest absolute Gasteiger partial charge is 0.416 e. The number of halogens is 3. The molecule has 0 atom stereocenters. The Morgan fingerprint density at radius 2 is 2.00 bits per heavy atom. The Bertz CT molecular complexity index is 645. The van der Waals surface area contributed by atoms with E-state index < -0.39 is 11.7 Å². The van der Waals surface area contributed by atoms with Crippen molar-refractivity contribution in [1.82, 2.24) is 4.98 Å². The average Bonchev–Trinajstić information content (AvgIpc) is 2.47. The molecule has 1 aromatic carbocycles. The highest BCUT2D eigenvalue weighted by atomic mass is 19.4. The van der Waals surface area contributed by atoms with Gasteiger partial charge in [-0.1, -0.05) is 6.07 Å². The van der Waals surface area contributed by atoms with Crippen LogP contribution in [0.25, 0.3) is 0 Å². The molecule has 3 nitrogen and oxygen atoms in total. The van der Waals surface area contributed by atoms with Crippen LogP contribution in [0.2, 0.25) is 0 Å². The van der Waals surface area contributed by atoms with Gasteiger partial charge in [-0.2, -0.15) is 18.4 Å². The Morgan fingerprint density at radius 3 is 2.62 bits per heavy atom. The molecular formula is C15H12F3N3. The molecular weight excluding hydrogens is 279 g/mol. The third kappa shape index (κ3) is 3.96. The van der Waals surface area contributed by atoms with E-state index in [1.54, 1.807) is 18.3 Å². The van der Waals surface area contributed by atoms with Gasteiger partial charge in [-0.05, 0) is 30.3 Å². The lowest BCUT2D eigenvalue weighted by Gasteiger charge is -2.11. The summed E-state index contributed by atoms with van der Waals surface area (Å²) in [4.78, 5) is 4.15. The van der Waals surface area contributed by atoms with E-state index in [1.807, 2.05) is 12.1 Å². The van der Waals surface area contributed by atoms with Crippen molar-refractivity contribution in [3.63, 3.8) is 0 Å². The van der Waals surface area contributed by atoms with Crippen molar-refractivity contribution >= 4 is 5.69 Å². The first-order valence-electron chi connectivity index (χ1n) is 6.26. The lowest BCUT2D eigenvalue weighted by Crippen LogP contribution is -2.09. The first-order chi connectivity index (χ1) is 10.0. The number of aromatic nitrogens is 1. The van der Waals surface area contributed by atoms with Crippen molar-refractivity contribution in [3.8, 4) is 6.07 Å². The number of hydrogen-bond acceptors (Lipinski definition) is 3. The first-order valence-corrected chi connectivity index (χ1v) is 6.26. The van der Waals surface area contributed by atoms with Crippen molar-refractivity contribution in [1.29, 1.82) is 5.26 Å². The third-order valence-electron chi connectivity index (χ3n) is 2.89. The standard InChI is InChI=1S/C15H12F3N3/c16-15(17,18)12-4-5-14(11(9-12)10-19)21-8-6-13-3-1-2-7-20-13/h1-5,7,9,21H,6,8H2. The molecule has 0 spiro atoms. The number of nitrogens with zero attached hydrogens (tertiary/aromatic N) is 2. The van der Waals surface area contributed by atoms with Crippen LogP contribution in [0.15, 0.2) is 42.6 Å². The zero-order valence-electron chi connectivity index (χ0n) is 11.0. The third-order valence-corrected chi connectivity index (χ3v) is 2.89. The van der Waals surface area contributed by atoms with E-state index in [4.69, 9.17) is 5.26 Å². The van der Waals surface area contributed by atoms with Crippen LogP contribution in [-0.2, 0) is 12.6 Å². The Morgan fingerprint density at radius 1 is 1.19 bits per heavy atom. The van der Waals surface area contributed by atoms with E-state index >= 15 is 0 Å². The summed E-state index contributed by atoms with van der Waals surface area (Å²) in [6.07, 6.45) is -2.15. The predicted octanol–water partition coefficient (Wildman–Crippen LogP) is 3.63. The number of nitriles is 1. The van der Waals surface area contributed by atoms with E-state index in [1.165, 1.54) is 6.07 Å². The maximum absolute atomic E-state index is 12.6. The van der Waals surface area contributed by atoms with Crippen LogP contribution in [0.5, 0.6) is 0 Å². The van der Waals surface area contributed by atoms with Gasteiger partial charge in [0.25, 0.3) is 0 Å². The van der Waals surface area contributed by atoms with E-state index in [0.717, 1.165) is 17.8 Å². The second kappa shape index (κ2) is 6.27. The van der Waals surface area contributed by atoms with Gasteiger partial charge in [0, 0.05) is 24.9 Å². The highest BCUT2D eigenvalue weighted by molar-refractivity contribution is 5.59. The van der Waals surface area contributed by atoms with Crippen molar-refractivity contribution in [3.05, 3.63) is 59.4 Å². The number of alkyl halides is 3. The molecule has 0 amide bonds. The number of rotatable bonds is 4. The Kier molecular flexibility index (Phi) is 4.43. The van der Waals surface area contributed by atoms with Gasteiger partial charge in [0.05, 0.1) is 16.8 Å². The van der Waals surface area contributed by atoms with E-state index in [2.05, 4.69) is 10.3 Å². The Hall–Kier alpha value is -2.55. The maximum Gasteiger partial charge on any atom is 0.416 e. The fourth-order valence-corrected chi connectivity index (χ4v) is 1.84. The summed E-state index contributed by atoms with van der Waals surface area (Å²) >= 11 is 0. The van der Waals surface area contributed by atoms with Crippen molar-refractivity contribution in [2.24, 2.45) is 0 Å². The van der Waals surface area contributed by atoms with Crippen LogP contribution in [0.1, 0.15) is 16.8 Å². The van der Waals surface area contributed by atoms with Gasteiger partial charge in [-0.25, -0.2) is 0 Å². The van der Waals surface area contributed by atoms with Crippen molar-refractivity contribution in [2.75, 3.05) is 11.9 Å². The molecule has 2 rings (SSSR count). The molecule has 108 valence electrons. The highest BCUT2D eigenvalue weighted by Crippen LogP contribution is 2.31. The number of benzene rings is 1. The zero-order valence-corrected chi connectivity index (χ0v) is 11.0. The van der Waals surface area contributed by atoms with E-state index in [0.29, 0.717) is 18.7 Å². The SMILES string of the molecule is N#Cc1cc(C(F)(F)F)ccc1NCCc1ccccn1. The molecule has 0 aliphatic carbocycles. The highest BCUT2D eigenvalue weighted by Gasteiger charge is 2.30.